The van der Waals surface area contributed by atoms with Crippen molar-refractivity contribution < 1.29 is 146 Å². The number of nitrogens with one attached hydrogen (secondary N) is 2. The molecule has 0 radical (unpaired) electrons. The van der Waals surface area contributed by atoms with Gasteiger partial charge in [-0.3, -0.25) is 42.9 Å². The van der Waals surface area contributed by atoms with Crippen LogP contribution in [0.1, 0.15) is 16.6 Å². The van der Waals surface area contributed by atoms with Gasteiger partial charge in [0.15, 0.2) is 23.7 Å². The van der Waals surface area contributed by atoms with Crippen molar-refractivity contribution in [3.05, 3.63) is 50.6 Å². The van der Waals surface area contributed by atoms with E-state index in [0.29, 0.717) is 0 Å². The number of amides is 1. The molecule has 2 aliphatic heterocycles. The average molecular weight is 920 g/mol. The van der Waals surface area contributed by atoms with Crippen molar-refractivity contribution in [2.24, 2.45) is 0 Å². The number of hydrogen-bond donors (Lipinski definition) is 9. The van der Waals surface area contributed by atoms with Crippen molar-refractivity contribution in [2.45, 2.75) is 60.1 Å². The Labute approximate surface area is 375 Å². The molecular formula is C25H29N7Na2O20P2S2. The molecule has 11 atom stereocenters. The molecule has 2 saturated heterocycles. The number of fused-ring (bicyclic) bond motifs is 1. The van der Waals surface area contributed by atoms with E-state index in [1.54, 1.807) is 0 Å². The van der Waals surface area contributed by atoms with Gasteiger partial charge in [0.25, 0.3) is 26.9 Å². The van der Waals surface area contributed by atoms with E-state index in [2.05, 4.69) is 33.6 Å². The molecule has 1 aromatic carbocycles. The number of phosphoric acid groups is 2. The molecule has 0 spiro atoms. The predicted molar refractivity (Wildman–Crippen MR) is 180 cm³/mol. The molecular weight excluding hydrogens is 890 g/mol. The number of nitro benzene ring substituents is 1. The van der Waals surface area contributed by atoms with Crippen LogP contribution in [0.3, 0.4) is 0 Å². The minimum atomic E-state index is -6.13. The number of rotatable bonds is 16. The smallest absolute Gasteiger partial charge is 0.756 e. The number of aliphatic hydroxyl groups is 5. The maximum absolute atomic E-state index is 12.8. The van der Waals surface area contributed by atoms with Gasteiger partial charge in [0.1, 0.15) is 48.2 Å². The number of hydrogen-bond acceptors (Lipinski definition) is 24. The zero-order valence-corrected chi connectivity index (χ0v) is 37.0. The van der Waals surface area contributed by atoms with Gasteiger partial charge in [-0.1, -0.05) is 21.6 Å². The third-order valence-electron chi connectivity index (χ3n) is 7.84. The minimum Gasteiger partial charge on any atom is -0.756 e. The monoisotopic (exact) mass is 919 g/mol. The number of imidazole rings is 1. The second kappa shape index (κ2) is 21.0. The Bertz CT molecular complexity index is 2140. The van der Waals surface area contributed by atoms with Crippen LogP contribution < -0.4 is 85.5 Å². The number of aromatic nitrogens is 4. The second-order valence-electron chi connectivity index (χ2n) is 11.6. The molecule has 2 aliphatic rings. The van der Waals surface area contributed by atoms with Crippen LogP contribution in [0.5, 0.6) is 0 Å². The summed E-state index contributed by atoms with van der Waals surface area (Å²) in [5, 5.41) is 74.0. The zero-order chi connectivity index (χ0) is 41.3. The van der Waals surface area contributed by atoms with Gasteiger partial charge in [-0.15, -0.1) is 0 Å². The van der Waals surface area contributed by atoms with E-state index in [-0.39, 0.29) is 81.1 Å². The third kappa shape index (κ3) is 12.1. The van der Waals surface area contributed by atoms with Crippen LogP contribution in [0.4, 0.5) is 11.6 Å². The van der Waals surface area contributed by atoms with Crippen molar-refractivity contribution in [1.82, 2.24) is 24.8 Å². The number of nitrogen functional groups attached to an aromatic ring is 1. The third-order valence-corrected chi connectivity index (χ3v) is 12.6. The fourth-order valence-electron chi connectivity index (χ4n) is 5.28. The number of aliphatic hydroxyl groups excluding tert-OH is 5. The number of nitro groups is 1. The molecule has 3 aromatic rings. The first-order chi connectivity index (χ1) is 26.2. The molecule has 1 amide bonds. The summed E-state index contributed by atoms with van der Waals surface area (Å²) in [6.45, 7) is -2.20. The number of ether oxygens (including phenoxy) is 2. The number of H-pyrrole nitrogens is 1. The first kappa shape index (κ1) is 50.7. The molecule has 58 heavy (non-hydrogen) atoms. The van der Waals surface area contributed by atoms with Crippen LogP contribution in [0.15, 0.2) is 34.2 Å². The van der Waals surface area contributed by atoms with Crippen molar-refractivity contribution in [3.8, 4) is 0 Å². The fraction of sp³-hybridized carbons (Fsp3) is 0.480. The first-order valence-electron chi connectivity index (χ1n) is 15.3. The Morgan fingerprint density at radius 1 is 1.07 bits per heavy atom. The number of nitrogens with zero attached hydrogens (tertiary/aromatic N) is 4. The molecule has 11 unspecified atom stereocenters. The van der Waals surface area contributed by atoms with Gasteiger partial charge in [-0.05, 0) is 12.1 Å². The van der Waals surface area contributed by atoms with Crippen LogP contribution in [0.25, 0.3) is 11.2 Å². The number of carboxylic acid groups (broad SMARTS) is 1. The number of aromatic amines is 1. The molecule has 0 aliphatic carbocycles. The second-order valence-corrected chi connectivity index (χ2v) is 16.9. The quantitative estimate of drug-likeness (QED) is 0.0212. The zero-order valence-electron chi connectivity index (χ0n) is 29.6. The van der Waals surface area contributed by atoms with Gasteiger partial charge in [0.05, 0.1) is 30.2 Å². The van der Waals surface area contributed by atoms with Crippen LogP contribution in [0.2, 0.25) is 0 Å². The van der Waals surface area contributed by atoms with Crippen molar-refractivity contribution >= 4 is 71.9 Å². The molecule has 33 heteroatoms. The molecule has 0 bridgehead atoms. The normalized spacial score (nSPS) is 27.7. The van der Waals surface area contributed by atoms with Crippen LogP contribution in [0, 0.1) is 10.1 Å². The maximum atomic E-state index is 12.8. The Morgan fingerprint density at radius 2 is 1.74 bits per heavy atom. The SMILES string of the molecule is Nc1nc2c(ncn2C2OC(COP(=O)([O-])OP(=O)([O-])OC3OC(CO)C(O)C(O)C3NC(=O)CSSc3ccc([N+](=O)[O-])c(C(=O)O)c3)C(O)C2O)c(=O)[nH]1.[Na+].[Na+]. The van der Waals surface area contributed by atoms with E-state index >= 15 is 0 Å². The standard InChI is InChI=1S/C25H31N7O20P2S2.2Na/c26-25-29-20-15(21(39)30-25)27-7-31(20)22-19(38)17(36)12(49-22)5-48-53(44,45)52-54(46,47)51-24-14(18(37)16(35)11(4-33)50-24)28-13(34)6-55-56-8-1-2-10(32(42)43)9(3-8)23(40)41;;/h1-3,7,11-12,14,16-19,22,24,33,35-38H,4-6H2,(H,28,34)(H,40,41)(H,44,45)(H,46,47)(H3,26,29,30,39);;/q;2*+1/p-2. The Hall–Kier alpha value is -1.61. The summed E-state index contributed by atoms with van der Waals surface area (Å²) in [4.78, 5) is 81.9. The van der Waals surface area contributed by atoms with E-state index in [1.165, 1.54) is 6.07 Å². The summed E-state index contributed by atoms with van der Waals surface area (Å²) in [6.07, 6.45) is -14.0. The first-order valence-corrected chi connectivity index (χ1v) is 20.6. The van der Waals surface area contributed by atoms with Crippen molar-refractivity contribution in [1.29, 1.82) is 0 Å². The van der Waals surface area contributed by atoms with Crippen molar-refractivity contribution in [3.63, 3.8) is 0 Å². The number of anilines is 1. The number of phosphoric ester groups is 2. The van der Waals surface area contributed by atoms with E-state index in [4.69, 9.17) is 15.2 Å². The number of aromatic carboxylic acids is 1. The van der Waals surface area contributed by atoms with Crippen molar-refractivity contribution in [2.75, 3.05) is 24.7 Å². The van der Waals surface area contributed by atoms with Crippen LogP contribution >= 0.6 is 37.2 Å². The van der Waals surface area contributed by atoms with E-state index in [0.717, 1.165) is 44.6 Å². The van der Waals surface area contributed by atoms with E-state index in [1.807, 2.05) is 0 Å². The van der Waals surface area contributed by atoms with Gasteiger partial charge >= 0.3 is 65.1 Å². The molecule has 2 fully saturated rings. The maximum Gasteiger partial charge on any atom is 1.00 e. The molecule has 5 rings (SSSR count). The fourth-order valence-corrected chi connectivity index (χ4v) is 9.26. The topological polar surface area (TPSA) is 427 Å². The predicted octanol–water partition coefficient (Wildman–Crippen LogP) is -9.71. The van der Waals surface area contributed by atoms with Gasteiger partial charge in [-0.2, -0.15) is 4.98 Å². The molecule has 308 valence electrons. The van der Waals surface area contributed by atoms with Gasteiger partial charge < -0.3 is 65.5 Å². The van der Waals surface area contributed by atoms with Gasteiger partial charge in [0, 0.05) is 11.0 Å². The minimum absolute atomic E-state index is 0. The largest absolute Gasteiger partial charge is 1.00 e. The molecule has 0 saturated carbocycles. The summed E-state index contributed by atoms with van der Waals surface area (Å²) >= 11 is 0. The molecule has 2 aromatic heterocycles. The van der Waals surface area contributed by atoms with Gasteiger partial charge in [0.2, 0.25) is 11.9 Å². The Balaban J connectivity index is 0.00000450. The summed E-state index contributed by atoms with van der Waals surface area (Å²) in [7, 11) is -10.5. The summed E-state index contributed by atoms with van der Waals surface area (Å²) in [6, 6.07) is 1.17. The van der Waals surface area contributed by atoms with Crippen LogP contribution in [-0.4, -0.2) is 135 Å². The molecule has 10 N–H and O–H groups in total. The molecule has 4 heterocycles. The number of carbonyl (C=O) groups excluding carboxylic acids is 1. The number of carboxylic acids is 1. The summed E-state index contributed by atoms with van der Waals surface area (Å²) < 4.78 is 50.3. The summed E-state index contributed by atoms with van der Waals surface area (Å²) in [5.41, 5.74) is 3.10. The average Bonchev–Trinajstić information content (AvgIpc) is 3.65. The van der Waals surface area contributed by atoms with E-state index < -0.39 is 123 Å². The van der Waals surface area contributed by atoms with Crippen LogP contribution in [-0.2, 0) is 36.8 Å². The Kier molecular flexibility index (Phi) is 18.3. The number of benzene rings is 1. The number of carbonyl (C=O) groups is 2. The molecule has 27 nitrogen and oxygen atoms in total. The van der Waals surface area contributed by atoms with E-state index in [9.17, 15) is 74.1 Å². The summed E-state index contributed by atoms with van der Waals surface area (Å²) in [5.74, 6) is -3.41. The van der Waals surface area contributed by atoms with Gasteiger partial charge in [-0.25, -0.2) is 14.1 Å². The number of nitrogens with two attached hydrogens (primary N) is 1. The Morgan fingerprint density at radius 3 is 2.38 bits per heavy atom.